The van der Waals surface area contributed by atoms with Crippen LogP contribution in [0.1, 0.15) is 73.6 Å². The highest BCUT2D eigenvalue weighted by atomic mass is 32.2. The zero-order valence-electron chi connectivity index (χ0n) is 16.3. The average Bonchev–Trinajstić information content (AvgIpc) is 2.76. The Morgan fingerprint density at radius 2 is 1.88 bits per heavy atom. The molecule has 1 fully saturated rings. The largest absolute Gasteiger partial charge is 0.375 e. The van der Waals surface area contributed by atoms with E-state index < -0.39 is 0 Å². The number of likely N-dealkylation sites (tertiary alicyclic amines) is 1. The lowest BCUT2D eigenvalue weighted by Gasteiger charge is -2.28. The van der Waals surface area contributed by atoms with Crippen LogP contribution in [0.2, 0.25) is 0 Å². The fourth-order valence-corrected chi connectivity index (χ4v) is 4.06. The molecule has 1 heterocycles. The summed E-state index contributed by atoms with van der Waals surface area (Å²) in [6, 6.07) is 0. The summed E-state index contributed by atoms with van der Waals surface area (Å²) in [4.78, 5) is 26.2. The van der Waals surface area contributed by atoms with E-state index in [4.69, 9.17) is 4.74 Å². The third-order valence-corrected chi connectivity index (χ3v) is 6.34. The topological polar surface area (TPSA) is 46.6 Å². The van der Waals surface area contributed by atoms with Gasteiger partial charge in [-0.15, -0.1) is 11.8 Å². The number of hydrogen-bond donors (Lipinski definition) is 0. The van der Waals surface area contributed by atoms with Crippen molar-refractivity contribution in [1.82, 2.24) is 4.90 Å². The maximum atomic E-state index is 12.5. The van der Waals surface area contributed by atoms with Crippen LogP contribution in [0.3, 0.4) is 0 Å². The molecule has 1 unspecified atom stereocenters. The molecule has 140 valence electrons. The van der Waals surface area contributed by atoms with E-state index in [-0.39, 0.29) is 22.7 Å². The Morgan fingerprint density at radius 1 is 1.25 bits per heavy atom. The second-order valence-corrected chi connectivity index (χ2v) is 9.20. The number of hydrogen-bond acceptors (Lipinski definition) is 4. The molecule has 1 aliphatic heterocycles. The highest BCUT2D eigenvalue weighted by Gasteiger charge is 2.40. The van der Waals surface area contributed by atoms with Gasteiger partial charge in [0.05, 0.1) is 10.9 Å². The third-order valence-electron chi connectivity index (χ3n) is 4.60. The van der Waals surface area contributed by atoms with E-state index in [9.17, 15) is 9.59 Å². The normalized spacial score (nSPS) is 19.2. The summed E-state index contributed by atoms with van der Waals surface area (Å²) in [6.07, 6.45) is 4.14. The van der Waals surface area contributed by atoms with Crippen LogP contribution in [-0.4, -0.2) is 46.0 Å². The van der Waals surface area contributed by atoms with Crippen LogP contribution in [-0.2, 0) is 14.3 Å². The summed E-state index contributed by atoms with van der Waals surface area (Å²) in [7, 11) is 0. The zero-order chi connectivity index (χ0) is 18.3. The minimum atomic E-state index is -0.309. The number of nitrogens with zero attached hydrogens (tertiary/aromatic N) is 1. The molecule has 0 radical (unpaired) electrons. The molecule has 0 aliphatic carbocycles. The van der Waals surface area contributed by atoms with Crippen molar-refractivity contribution in [1.29, 1.82) is 0 Å². The van der Waals surface area contributed by atoms with Gasteiger partial charge in [0, 0.05) is 24.8 Å². The molecule has 1 saturated heterocycles. The van der Waals surface area contributed by atoms with E-state index >= 15 is 0 Å². The van der Waals surface area contributed by atoms with Crippen LogP contribution < -0.4 is 0 Å². The second-order valence-electron chi connectivity index (χ2n) is 7.69. The second kappa shape index (κ2) is 9.81. The van der Waals surface area contributed by atoms with E-state index in [1.54, 1.807) is 11.8 Å². The molecule has 0 N–H and O–H groups in total. The van der Waals surface area contributed by atoms with Gasteiger partial charge >= 0.3 is 0 Å². The first-order valence-corrected chi connectivity index (χ1v) is 10.3. The molecule has 1 aliphatic rings. The van der Waals surface area contributed by atoms with Gasteiger partial charge in [-0.1, -0.05) is 27.7 Å². The smallest absolute Gasteiger partial charge is 0.242 e. The lowest BCUT2D eigenvalue weighted by molar-refractivity contribution is -0.139. The Morgan fingerprint density at radius 3 is 2.42 bits per heavy atom. The Bertz CT molecular complexity index is 419. The van der Waals surface area contributed by atoms with E-state index in [2.05, 4.69) is 27.7 Å². The van der Waals surface area contributed by atoms with Crippen molar-refractivity contribution < 1.29 is 14.3 Å². The van der Waals surface area contributed by atoms with Crippen LogP contribution in [0.25, 0.3) is 0 Å². The zero-order valence-corrected chi connectivity index (χ0v) is 17.1. The van der Waals surface area contributed by atoms with Crippen molar-refractivity contribution in [3.63, 3.8) is 0 Å². The molecular weight excluding hydrogens is 322 g/mol. The third kappa shape index (κ3) is 6.75. The molecule has 0 aromatic heterocycles. The molecule has 0 aromatic rings. The summed E-state index contributed by atoms with van der Waals surface area (Å²) in [5.41, 5.74) is -0.309. The Labute approximate surface area is 152 Å². The van der Waals surface area contributed by atoms with Crippen LogP contribution in [0.15, 0.2) is 0 Å². The van der Waals surface area contributed by atoms with E-state index in [1.807, 2.05) is 13.8 Å². The molecule has 5 heteroatoms. The molecule has 2 amide bonds. The van der Waals surface area contributed by atoms with Gasteiger partial charge in [0.15, 0.2) is 0 Å². The number of imide groups is 1. The SMILES string of the molecule is CCC(CC)SC1CC(=O)N(CCC(C)(C)OCCC(C)C)C1=O. The highest BCUT2D eigenvalue weighted by Crippen LogP contribution is 2.31. The van der Waals surface area contributed by atoms with E-state index in [0.29, 0.717) is 30.6 Å². The summed E-state index contributed by atoms with van der Waals surface area (Å²) >= 11 is 1.68. The lowest BCUT2D eigenvalue weighted by atomic mass is 10.0. The van der Waals surface area contributed by atoms with Crippen LogP contribution >= 0.6 is 11.8 Å². The van der Waals surface area contributed by atoms with Crippen LogP contribution in [0.4, 0.5) is 0 Å². The highest BCUT2D eigenvalue weighted by molar-refractivity contribution is 8.01. The van der Waals surface area contributed by atoms with Crippen LogP contribution in [0, 0.1) is 5.92 Å². The molecule has 0 spiro atoms. The average molecular weight is 358 g/mol. The van der Waals surface area contributed by atoms with Gasteiger partial charge < -0.3 is 4.74 Å². The van der Waals surface area contributed by atoms with Crippen molar-refractivity contribution in [2.45, 2.75) is 89.7 Å². The Balaban J connectivity index is 2.49. The fraction of sp³-hybridized carbons (Fsp3) is 0.895. The molecule has 24 heavy (non-hydrogen) atoms. The molecule has 0 bridgehead atoms. The number of thioether (sulfide) groups is 1. The van der Waals surface area contributed by atoms with Crippen molar-refractivity contribution in [3.05, 3.63) is 0 Å². The number of amides is 2. The monoisotopic (exact) mass is 357 g/mol. The quantitative estimate of drug-likeness (QED) is 0.518. The number of carbonyl (C=O) groups is 2. The van der Waals surface area contributed by atoms with Gasteiger partial charge in [-0.2, -0.15) is 0 Å². The summed E-state index contributed by atoms with van der Waals surface area (Å²) in [5.74, 6) is 0.585. The molecule has 0 saturated carbocycles. The Hall–Kier alpha value is -0.550. The van der Waals surface area contributed by atoms with E-state index in [1.165, 1.54) is 4.90 Å². The van der Waals surface area contributed by atoms with Gasteiger partial charge in [0.25, 0.3) is 0 Å². The molecule has 1 atom stereocenters. The van der Waals surface area contributed by atoms with Gasteiger partial charge in [-0.05, 0) is 45.4 Å². The van der Waals surface area contributed by atoms with Gasteiger partial charge in [-0.3, -0.25) is 14.5 Å². The first-order chi connectivity index (χ1) is 11.2. The first kappa shape index (κ1) is 21.5. The standard InChI is InChI=1S/C19H35NO3S/c1-7-15(8-2)24-16-13-17(21)20(18(16)22)11-10-19(5,6)23-12-9-14(3)4/h14-16H,7-13H2,1-6H3. The molecule has 4 nitrogen and oxygen atoms in total. The fourth-order valence-electron chi connectivity index (χ4n) is 2.73. The van der Waals surface area contributed by atoms with Gasteiger partial charge in [0.2, 0.25) is 11.8 Å². The summed E-state index contributed by atoms with van der Waals surface area (Å²) < 4.78 is 5.94. The van der Waals surface area contributed by atoms with Gasteiger partial charge in [0.1, 0.15) is 0 Å². The van der Waals surface area contributed by atoms with E-state index in [0.717, 1.165) is 25.9 Å². The Kier molecular flexibility index (Phi) is 8.78. The first-order valence-electron chi connectivity index (χ1n) is 9.33. The maximum Gasteiger partial charge on any atom is 0.242 e. The van der Waals surface area contributed by atoms with Crippen molar-refractivity contribution >= 4 is 23.6 Å². The van der Waals surface area contributed by atoms with Crippen molar-refractivity contribution in [2.75, 3.05) is 13.2 Å². The molecule has 0 aromatic carbocycles. The lowest BCUT2D eigenvalue weighted by Crippen LogP contribution is -2.37. The summed E-state index contributed by atoms with van der Waals surface area (Å²) in [5, 5.41) is 0.273. The minimum Gasteiger partial charge on any atom is -0.375 e. The molecular formula is C19H35NO3S. The molecule has 1 rings (SSSR count). The number of ether oxygens (including phenoxy) is 1. The number of rotatable bonds is 11. The predicted octanol–water partition coefficient (Wildman–Crippen LogP) is 4.27. The predicted molar refractivity (Wildman–Crippen MR) is 101 cm³/mol. The number of carbonyl (C=O) groups excluding carboxylic acids is 2. The van der Waals surface area contributed by atoms with Gasteiger partial charge in [-0.25, -0.2) is 0 Å². The van der Waals surface area contributed by atoms with Crippen LogP contribution in [0.5, 0.6) is 0 Å². The van der Waals surface area contributed by atoms with Crippen molar-refractivity contribution in [2.24, 2.45) is 5.92 Å². The summed E-state index contributed by atoms with van der Waals surface area (Å²) in [6.45, 7) is 13.9. The maximum absolute atomic E-state index is 12.5. The minimum absolute atomic E-state index is 0.00474. The van der Waals surface area contributed by atoms with Crippen molar-refractivity contribution in [3.8, 4) is 0 Å².